The lowest BCUT2D eigenvalue weighted by Crippen LogP contribution is -2.38. The smallest absolute Gasteiger partial charge is 0.119 e. The predicted molar refractivity (Wildman–Crippen MR) is 96.8 cm³/mol. The number of ether oxygens (including phenoxy) is 1. The third-order valence-corrected chi connectivity index (χ3v) is 7.15. The summed E-state index contributed by atoms with van der Waals surface area (Å²) in [5.74, 6) is 3.53. The van der Waals surface area contributed by atoms with Crippen LogP contribution >= 0.6 is 23.5 Å². The Morgan fingerprint density at radius 3 is 2.48 bits per heavy atom. The van der Waals surface area contributed by atoms with Gasteiger partial charge in [0.1, 0.15) is 5.75 Å². The van der Waals surface area contributed by atoms with E-state index in [1.165, 1.54) is 23.5 Å². The molecule has 0 aliphatic carbocycles. The van der Waals surface area contributed by atoms with Crippen molar-refractivity contribution >= 4 is 23.5 Å². The first-order chi connectivity index (χ1) is 10.3. The number of hydrogen-bond donors (Lipinski definition) is 1. The van der Waals surface area contributed by atoms with Gasteiger partial charge >= 0.3 is 0 Å². The van der Waals surface area contributed by atoms with Gasteiger partial charge in [0.2, 0.25) is 0 Å². The standard InChI is InChI=1S/C17H27NOS2/c1-4-15-17(21-12-11-20-15)16(18-5-2)13-7-9-14(10-8-13)19-6-3/h7-10,15-18H,4-6,11-12H2,1-3H3. The van der Waals surface area contributed by atoms with Crippen molar-refractivity contribution < 1.29 is 4.74 Å². The van der Waals surface area contributed by atoms with Crippen molar-refractivity contribution in [2.24, 2.45) is 0 Å². The first-order valence-electron chi connectivity index (χ1n) is 7.99. The summed E-state index contributed by atoms with van der Waals surface area (Å²) in [4.78, 5) is 0. The molecule has 0 aromatic heterocycles. The number of benzene rings is 1. The monoisotopic (exact) mass is 325 g/mol. The van der Waals surface area contributed by atoms with Gasteiger partial charge in [-0.05, 0) is 37.6 Å². The fourth-order valence-corrected chi connectivity index (χ4v) is 6.08. The lowest BCUT2D eigenvalue weighted by Gasteiger charge is -2.36. The summed E-state index contributed by atoms with van der Waals surface area (Å²) in [6.45, 7) is 8.27. The van der Waals surface area contributed by atoms with Gasteiger partial charge in [-0.3, -0.25) is 0 Å². The third-order valence-electron chi connectivity index (χ3n) is 3.80. The van der Waals surface area contributed by atoms with Crippen molar-refractivity contribution in [2.45, 2.75) is 43.7 Å². The molecule has 3 atom stereocenters. The summed E-state index contributed by atoms with van der Waals surface area (Å²) in [5.41, 5.74) is 1.39. The first-order valence-corrected chi connectivity index (χ1v) is 10.1. The van der Waals surface area contributed by atoms with E-state index in [2.05, 4.69) is 67.0 Å². The minimum Gasteiger partial charge on any atom is -0.494 e. The summed E-state index contributed by atoms with van der Waals surface area (Å²) in [6.07, 6.45) is 1.25. The van der Waals surface area contributed by atoms with E-state index in [1.54, 1.807) is 0 Å². The van der Waals surface area contributed by atoms with Crippen LogP contribution in [-0.4, -0.2) is 35.2 Å². The van der Waals surface area contributed by atoms with Crippen molar-refractivity contribution in [1.29, 1.82) is 0 Å². The molecule has 0 amide bonds. The van der Waals surface area contributed by atoms with Crippen molar-refractivity contribution in [2.75, 3.05) is 24.7 Å². The van der Waals surface area contributed by atoms with Crippen LogP contribution in [0.4, 0.5) is 0 Å². The van der Waals surface area contributed by atoms with Gasteiger partial charge in [0.05, 0.1) is 6.61 Å². The third kappa shape index (κ3) is 4.57. The van der Waals surface area contributed by atoms with Crippen molar-refractivity contribution in [3.05, 3.63) is 29.8 Å². The second-order valence-electron chi connectivity index (χ2n) is 5.19. The quantitative estimate of drug-likeness (QED) is 0.803. The number of hydrogen-bond acceptors (Lipinski definition) is 4. The minimum absolute atomic E-state index is 0.438. The number of thioether (sulfide) groups is 2. The number of rotatable bonds is 7. The SMILES string of the molecule is CCNC(c1ccc(OCC)cc1)C1SCCSC1CC. The van der Waals surface area contributed by atoms with Gasteiger partial charge in [0, 0.05) is 28.0 Å². The summed E-state index contributed by atoms with van der Waals surface area (Å²) in [5, 5.41) is 5.12. The van der Waals surface area contributed by atoms with E-state index < -0.39 is 0 Å². The van der Waals surface area contributed by atoms with Gasteiger partial charge in [-0.25, -0.2) is 0 Å². The van der Waals surface area contributed by atoms with Crippen LogP contribution in [-0.2, 0) is 0 Å². The zero-order valence-electron chi connectivity index (χ0n) is 13.3. The largest absolute Gasteiger partial charge is 0.494 e. The lowest BCUT2D eigenvalue weighted by molar-refractivity contribution is 0.340. The molecule has 4 heteroatoms. The Morgan fingerprint density at radius 2 is 1.86 bits per heavy atom. The highest BCUT2D eigenvalue weighted by Crippen LogP contribution is 2.40. The molecular weight excluding hydrogens is 298 g/mol. The fourth-order valence-electron chi connectivity index (χ4n) is 2.83. The van der Waals surface area contributed by atoms with Gasteiger partial charge in [-0.2, -0.15) is 23.5 Å². The highest BCUT2D eigenvalue weighted by atomic mass is 32.2. The van der Waals surface area contributed by atoms with Crippen molar-refractivity contribution in [1.82, 2.24) is 5.32 Å². The summed E-state index contributed by atoms with van der Waals surface area (Å²) < 4.78 is 5.56. The summed E-state index contributed by atoms with van der Waals surface area (Å²) in [7, 11) is 0. The van der Waals surface area contributed by atoms with E-state index in [4.69, 9.17) is 4.74 Å². The van der Waals surface area contributed by atoms with Crippen LogP contribution in [0.1, 0.15) is 38.8 Å². The van der Waals surface area contributed by atoms with Gasteiger partial charge in [0.15, 0.2) is 0 Å². The minimum atomic E-state index is 0.438. The van der Waals surface area contributed by atoms with Crippen LogP contribution in [0.3, 0.4) is 0 Å². The summed E-state index contributed by atoms with van der Waals surface area (Å²) >= 11 is 4.28. The zero-order valence-corrected chi connectivity index (χ0v) is 14.9. The maximum atomic E-state index is 5.56. The number of nitrogens with one attached hydrogen (secondary N) is 1. The maximum Gasteiger partial charge on any atom is 0.119 e. The van der Waals surface area contributed by atoms with Crippen LogP contribution in [0, 0.1) is 0 Å². The second kappa shape index (κ2) is 8.96. The van der Waals surface area contributed by atoms with Crippen LogP contribution in [0.2, 0.25) is 0 Å². The summed E-state index contributed by atoms with van der Waals surface area (Å²) in [6, 6.07) is 9.10. The fraction of sp³-hybridized carbons (Fsp3) is 0.647. The van der Waals surface area contributed by atoms with E-state index in [1.807, 2.05) is 6.92 Å². The molecule has 2 nitrogen and oxygen atoms in total. The molecule has 1 N–H and O–H groups in total. The molecule has 1 fully saturated rings. The average molecular weight is 326 g/mol. The topological polar surface area (TPSA) is 21.3 Å². The highest BCUT2D eigenvalue weighted by molar-refractivity contribution is 8.07. The van der Waals surface area contributed by atoms with E-state index in [-0.39, 0.29) is 0 Å². The maximum absolute atomic E-state index is 5.56. The van der Waals surface area contributed by atoms with Crippen molar-refractivity contribution in [3.63, 3.8) is 0 Å². The Balaban J connectivity index is 2.16. The first kappa shape index (κ1) is 17.0. The molecule has 0 bridgehead atoms. The van der Waals surface area contributed by atoms with Crippen LogP contribution in [0.5, 0.6) is 5.75 Å². The molecule has 1 saturated heterocycles. The van der Waals surface area contributed by atoms with Crippen LogP contribution in [0.25, 0.3) is 0 Å². The van der Waals surface area contributed by atoms with Gasteiger partial charge < -0.3 is 10.1 Å². The Kier molecular flexibility index (Phi) is 7.27. The van der Waals surface area contributed by atoms with Gasteiger partial charge in [-0.1, -0.05) is 26.0 Å². The average Bonchev–Trinajstić information content (AvgIpc) is 2.54. The molecule has 0 spiro atoms. The van der Waals surface area contributed by atoms with E-state index >= 15 is 0 Å². The molecule has 118 valence electrons. The van der Waals surface area contributed by atoms with E-state index in [9.17, 15) is 0 Å². The van der Waals surface area contributed by atoms with E-state index in [0.29, 0.717) is 11.3 Å². The zero-order chi connectivity index (χ0) is 15.1. The Morgan fingerprint density at radius 1 is 1.14 bits per heavy atom. The highest BCUT2D eigenvalue weighted by Gasteiger charge is 2.32. The second-order valence-corrected chi connectivity index (χ2v) is 7.82. The lowest BCUT2D eigenvalue weighted by atomic mass is 10.00. The Labute approximate surface area is 137 Å². The Bertz CT molecular complexity index is 410. The molecule has 1 aromatic rings. The molecule has 21 heavy (non-hydrogen) atoms. The van der Waals surface area contributed by atoms with E-state index in [0.717, 1.165) is 24.2 Å². The molecule has 3 unspecified atom stereocenters. The predicted octanol–water partition coefficient (Wildman–Crippen LogP) is 4.36. The molecule has 2 rings (SSSR count). The van der Waals surface area contributed by atoms with Crippen LogP contribution < -0.4 is 10.1 Å². The Hall–Kier alpha value is -0.320. The molecule has 1 aliphatic heterocycles. The molecule has 1 aromatic carbocycles. The molecule has 1 heterocycles. The molecule has 1 aliphatic rings. The molecular formula is C17H27NOS2. The van der Waals surface area contributed by atoms with Gasteiger partial charge in [0.25, 0.3) is 0 Å². The van der Waals surface area contributed by atoms with Gasteiger partial charge in [-0.15, -0.1) is 0 Å². The molecule has 0 saturated carbocycles. The van der Waals surface area contributed by atoms with Crippen molar-refractivity contribution in [3.8, 4) is 5.75 Å². The normalized spacial score (nSPS) is 23.8. The van der Waals surface area contributed by atoms with Crippen LogP contribution in [0.15, 0.2) is 24.3 Å². The molecule has 0 radical (unpaired) electrons.